The van der Waals surface area contributed by atoms with E-state index in [0.717, 1.165) is 55.4 Å². The molecular weight excluding hydrogens is 638 g/mol. The van der Waals surface area contributed by atoms with Crippen LogP contribution in [0.2, 0.25) is 0 Å². The maximum Gasteiger partial charge on any atom is 0.304 e. The second kappa shape index (κ2) is 19.0. The molecule has 0 N–H and O–H groups in total. The zero-order valence-corrected chi connectivity index (χ0v) is 26.9. The zero-order valence-electron chi connectivity index (χ0n) is 26.9. The van der Waals surface area contributed by atoms with Crippen molar-refractivity contribution in [1.29, 1.82) is 5.26 Å². The minimum atomic E-state index is -1.97. The Morgan fingerprint density at radius 3 is 1.53 bits per heavy atom. The second-order valence-corrected chi connectivity index (χ2v) is 9.85. The molecule has 0 unspecified atom stereocenters. The fourth-order valence-corrected chi connectivity index (χ4v) is 4.28. The summed E-state index contributed by atoms with van der Waals surface area (Å²) in [6, 6.07) is 1.62. The molecule has 0 spiro atoms. The molecule has 19 heteroatoms. The highest BCUT2D eigenvalue weighted by Crippen LogP contribution is 2.32. The van der Waals surface area contributed by atoms with Crippen LogP contribution in [0, 0.1) is 11.3 Å². The van der Waals surface area contributed by atoms with E-state index in [4.69, 9.17) is 47.4 Å². The van der Waals surface area contributed by atoms with Crippen LogP contribution in [0.3, 0.4) is 0 Å². The lowest BCUT2D eigenvalue weighted by atomic mass is 9.97. The Labute approximate surface area is 268 Å². The molecule has 19 nitrogen and oxygen atoms in total. The highest BCUT2D eigenvalue weighted by molar-refractivity contribution is 5.70. The number of hydrogen-bond donors (Lipinski definition) is 0. The van der Waals surface area contributed by atoms with Gasteiger partial charge in [-0.05, 0) is 0 Å². The van der Waals surface area contributed by atoms with Crippen molar-refractivity contribution in [2.45, 2.75) is 111 Å². The SMILES string of the molecule is CC(=O)OC[C@@H]1O[C@H](O[C@H]([C@@H](OC(C)=O)[C@@H](C#N)OC(C)=O)[C@H](COC(C)=O)OC(C)=O)[C@@H](OC(C)=O)[C@H](OC(C)=O)[C@H]1OC(C)=O. The molecule has 0 aromatic rings. The summed E-state index contributed by atoms with van der Waals surface area (Å²) in [6.07, 6.45) is -16.2. The number of ether oxygens (including phenoxy) is 10. The van der Waals surface area contributed by atoms with Crippen molar-refractivity contribution in [3.05, 3.63) is 0 Å². The first-order valence-electron chi connectivity index (χ1n) is 13.9. The molecule has 1 heterocycles. The molecule has 0 radical (unpaired) electrons. The Bertz CT molecular complexity index is 1230. The number of carbonyl (C=O) groups is 8. The van der Waals surface area contributed by atoms with Crippen LogP contribution in [0.15, 0.2) is 0 Å². The summed E-state index contributed by atoms with van der Waals surface area (Å²) in [5.41, 5.74) is 0. The van der Waals surface area contributed by atoms with Crippen LogP contribution in [0.1, 0.15) is 55.4 Å². The molecule has 1 rings (SSSR count). The van der Waals surface area contributed by atoms with Gasteiger partial charge >= 0.3 is 47.8 Å². The molecule has 0 aromatic heterocycles. The molecule has 0 aromatic carbocycles. The lowest BCUT2D eigenvalue weighted by Crippen LogP contribution is -2.65. The maximum atomic E-state index is 12.3. The minimum absolute atomic E-state index is 0.648. The predicted octanol–water partition coefficient (Wildman–Crippen LogP) is -0.664. The van der Waals surface area contributed by atoms with Gasteiger partial charge in [0.1, 0.15) is 31.5 Å². The van der Waals surface area contributed by atoms with Crippen molar-refractivity contribution in [2.24, 2.45) is 0 Å². The van der Waals surface area contributed by atoms with Gasteiger partial charge < -0.3 is 47.4 Å². The van der Waals surface area contributed by atoms with E-state index in [1.807, 2.05) is 0 Å². The third-order valence-electron chi connectivity index (χ3n) is 5.72. The average molecular weight is 676 g/mol. The Kier molecular flexibility index (Phi) is 16.2. The van der Waals surface area contributed by atoms with Gasteiger partial charge in [0.05, 0.1) is 0 Å². The molecule has 0 aliphatic carbocycles. The monoisotopic (exact) mass is 675 g/mol. The first-order valence-corrected chi connectivity index (χ1v) is 13.9. The molecule has 9 atom stereocenters. The van der Waals surface area contributed by atoms with E-state index in [1.165, 1.54) is 0 Å². The molecule has 1 fully saturated rings. The predicted molar refractivity (Wildman–Crippen MR) is 146 cm³/mol. The standard InChI is InChI=1S/C28H37NO18/c1-12(30)38-10-21(41-15(4)33)24(23(42-16(5)34)20(9-29)40-14(3)32)47-28-27(45-19(8)37)26(44-18(7)36)25(43-17(6)35)22(46-28)11-39-13(2)31/h20-28H,10-11H2,1-8H3/t20-,21+,22+,23+,24+,25+,26-,27+,28-/m1/s1. The van der Waals surface area contributed by atoms with E-state index >= 15 is 0 Å². The quantitative estimate of drug-likeness (QED) is 0.154. The Morgan fingerprint density at radius 1 is 0.596 bits per heavy atom. The highest BCUT2D eigenvalue weighted by atomic mass is 16.8. The van der Waals surface area contributed by atoms with E-state index in [9.17, 15) is 43.6 Å². The van der Waals surface area contributed by atoms with Gasteiger partial charge in [0.2, 0.25) is 6.10 Å². The second-order valence-electron chi connectivity index (χ2n) is 9.85. The molecule has 1 aliphatic heterocycles. The molecule has 0 saturated carbocycles. The van der Waals surface area contributed by atoms with Gasteiger partial charge in [0, 0.05) is 55.4 Å². The van der Waals surface area contributed by atoms with Crippen LogP contribution in [0.4, 0.5) is 0 Å². The molecule has 1 aliphatic rings. The Hall–Kier alpha value is -4.83. The van der Waals surface area contributed by atoms with Crippen LogP contribution >= 0.6 is 0 Å². The summed E-state index contributed by atoms with van der Waals surface area (Å²) in [7, 11) is 0. The van der Waals surface area contributed by atoms with Crippen molar-refractivity contribution >= 4 is 47.8 Å². The van der Waals surface area contributed by atoms with Crippen molar-refractivity contribution in [2.75, 3.05) is 13.2 Å². The number of nitriles is 1. The minimum Gasteiger partial charge on any atom is -0.463 e. The summed E-state index contributed by atoms with van der Waals surface area (Å²) in [6.45, 7) is 6.40. The normalized spacial score (nSPS) is 22.7. The largest absolute Gasteiger partial charge is 0.463 e. The summed E-state index contributed by atoms with van der Waals surface area (Å²) in [5, 5.41) is 9.87. The molecule has 262 valence electrons. The number of hydrogen-bond acceptors (Lipinski definition) is 19. The van der Waals surface area contributed by atoms with Crippen LogP contribution in [-0.2, 0) is 85.7 Å². The number of rotatable bonds is 15. The number of carbonyl (C=O) groups excluding carboxylic acids is 8. The summed E-state index contributed by atoms with van der Waals surface area (Å²) in [5.74, 6) is -7.58. The smallest absolute Gasteiger partial charge is 0.304 e. The van der Waals surface area contributed by atoms with E-state index in [1.54, 1.807) is 6.07 Å². The lowest BCUT2D eigenvalue weighted by Gasteiger charge is -2.46. The van der Waals surface area contributed by atoms with Gasteiger partial charge in [-0.15, -0.1) is 0 Å². The molecular formula is C28H37NO18. The van der Waals surface area contributed by atoms with E-state index in [2.05, 4.69) is 0 Å². The van der Waals surface area contributed by atoms with Crippen molar-refractivity contribution < 1.29 is 85.7 Å². The Balaban J connectivity index is 3.99. The van der Waals surface area contributed by atoms with Gasteiger partial charge in [-0.1, -0.05) is 0 Å². The highest BCUT2D eigenvalue weighted by Gasteiger charge is 2.55. The molecule has 0 amide bonds. The Morgan fingerprint density at radius 2 is 1.09 bits per heavy atom. The molecule has 0 bridgehead atoms. The lowest BCUT2D eigenvalue weighted by molar-refractivity contribution is -0.330. The summed E-state index contributed by atoms with van der Waals surface area (Å²) >= 11 is 0. The summed E-state index contributed by atoms with van der Waals surface area (Å²) < 4.78 is 53.6. The van der Waals surface area contributed by atoms with Crippen molar-refractivity contribution in [3.8, 4) is 6.07 Å². The average Bonchev–Trinajstić information content (AvgIpc) is 2.92. The van der Waals surface area contributed by atoms with Gasteiger partial charge in [-0.25, -0.2) is 0 Å². The first-order chi connectivity index (χ1) is 21.9. The van der Waals surface area contributed by atoms with E-state index in [0.29, 0.717) is 0 Å². The van der Waals surface area contributed by atoms with Crippen LogP contribution in [-0.4, -0.2) is 116 Å². The molecule has 47 heavy (non-hydrogen) atoms. The maximum absolute atomic E-state index is 12.3. The zero-order chi connectivity index (χ0) is 36.0. The van der Waals surface area contributed by atoms with Gasteiger partial charge in [0.25, 0.3) is 0 Å². The van der Waals surface area contributed by atoms with Crippen LogP contribution < -0.4 is 0 Å². The fourth-order valence-electron chi connectivity index (χ4n) is 4.28. The van der Waals surface area contributed by atoms with E-state index in [-0.39, 0.29) is 0 Å². The van der Waals surface area contributed by atoms with Gasteiger partial charge in [-0.3, -0.25) is 38.4 Å². The topological polar surface area (TPSA) is 253 Å². The number of nitrogens with zero attached hydrogens (tertiary/aromatic N) is 1. The third kappa shape index (κ3) is 14.0. The van der Waals surface area contributed by atoms with Crippen molar-refractivity contribution in [3.63, 3.8) is 0 Å². The van der Waals surface area contributed by atoms with Crippen LogP contribution in [0.5, 0.6) is 0 Å². The first kappa shape index (κ1) is 40.2. The summed E-state index contributed by atoms with van der Waals surface area (Å²) in [4.78, 5) is 96.1. The van der Waals surface area contributed by atoms with Gasteiger partial charge in [0.15, 0.2) is 36.8 Å². The third-order valence-corrected chi connectivity index (χ3v) is 5.72. The van der Waals surface area contributed by atoms with Crippen LogP contribution in [0.25, 0.3) is 0 Å². The van der Waals surface area contributed by atoms with Gasteiger partial charge in [-0.2, -0.15) is 5.26 Å². The van der Waals surface area contributed by atoms with Crippen molar-refractivity contribution in [1.82, 2.24) is 0 Å². The van der Waals surface area contributed by atoms with E-state index < -0.39 is 116 Å². The fraction of sp³-hybridized carbons (Fsp3) is 0.679. The number of esters is 8. The molecule has 1 saturated heterocycles.